The third kappa shape index (κ3) is 2.77. The van der Waals surface area contributed by atoms with E-state index in [1.807, 2.05) is 0 Å². The van der Waals surface area contributed by atoms with Crippen LogP contribution in [0, 0.1) is 0 Å². The molecule has 0 radical (unpaired) electrons. The molecule has 0 unspecified atom stereocenters. The molecular formula is C15H13F2NO2. The Bertz CT molecular complexity index is 624. The van der Waals surface area contributed by atoms with Crippen LogP contribution in [0.15, 0.2) is 42.5 Å². The molecule has 3 nitrogen and oxygen atoms in total. The van der Waals surface area contributed by atoms with E-state index < -0.39 is 12.4 Å². The molecule has 0 atom stereocenters. The fourth-order valence-corrected chi connectivity index (χ4v) is 1.91. The van der Waals surface area contributed by atoms with Crippen molar-refractivity contribution in [3.05, 3.63) is 53.6 Å². The summed E-state index contributed by atoms with van der Waals surface area (Å²) in [7, 11) is 1.21. The monoisotopic (exact) mass is 277 g/mol. The summed E-state index contributed by atoms with van der Waals surface area (Å²) in [6, 6.07) is 10.7. The lowest BCUT2D eigenvalue weighted by Crippen LogP contribution is -2.03. The van der Waals surface area contributed by atoms with Crippen LogP contribution in [0.5, 0.6) is 0 Å². The van der Waals surface area contributed by atoms with Crippen molar-refractivity contribution < 1.29 is 18.3 Å². The molecule has 2 rings (SSSR count). The van der Waals surface area contributed by atoms with Gasteiger partial charge in [-0.2, -0.15) is 0 Å². The molecule has 0 fully saturated rings. The van der Waals surface area contributed by atoms with Gasteiger partial charge in [0.1, 0.15) is 0 Å². The van der Waals surface area contributed by atoms with Crippen LogP contribution in [0.25, 0.3) is 11.1 Å². The fraction of sp³-hybridized carbons (Fsp3) is 0.133. The van der Waals surface area contributed by atoms with Gasteiger partial charge in [-0.05, 0) is 35.4 Å². The van der Waals surface area contributed by atoms with E-state index in [2.05, 4.69) is 4.74 Å². The number of carbonyl (C=O) groups is 1. The van der Waals surface area contributed by atoms with E-state index in [0.717, 1.165) is 6.07 Å². The summed E-state index contributed by atoms with van der Waals surface area (Å²) in [5.74, 6) is -0.643. The van der Waals surface area contributed by atoms with E-state index in [1.54, 1.807) is 24.3 Å². The van der Waals surface area contributed by atoms with Crippen molar-refractivity contribution in [1.82, 2.24) is 0 Å². The van der Waals surface area contributed by atoms with Crippen molar-refractivity contribution in [2.45, 2.75) is 6.43 Å². The average Bonchev–Trinajstić information content (AvgIpc) is 2.46. The number of nitrogens with two attached hydrogens (primary N) is 1. The number of halogens is 2. The maximum Gasteiger partial charge on any atom is 0.337 e. The van der Waals surface area contributed by atoms with Crippen LogP contribution >= 0.6 is 0 Å². The zero-order valence-electron chi connectivity index (χ0n) is 10.8. The van der Waals surface area contributed by atoms with E-state index in [4.69, 9.17) is 5.73 Å². The highest BCUT2D eigenvalue weighted by Gasteiger charge is 2.17. The number of alkyl halides is 2. The van der Waals surface area contributed by atoms with Gasteiger partial charge >= 0.3 is 5.97 Å². The molecule has 0 amide bonds. The van der Waals surface area contributed by atoms with Crippen molar-refractivity contribution in [3.63, 3.8) is 0 Å². The van der Waals surface area contributed by atoms with Crippen molar-refractivity contribution in [2.75, 3.05) is 12.8 Å². The number of hydrogen-bond acceptors (Lipinski definition) is 3. The third-order valence-electron chi connectivity index (χ3n) is 2.93. The molecular weight excluding hydrogens is 264 g/mol. The summed E-state index contributed by atoms with van der Waals surface area (Å²) in [6.07, 6.45) is -2.69. The molecule has 0 saturated heterocycles. The van der Waals surface area contributed by atoms with Gasteiger partial charge < -0.3 is 10.5 Å². The van der Waals surface area contributed by atoms with Crippen LogP contribution in [0.3, 0.4) is 0 Å². The number of benzene rings is 2. The molecule has 0 aromatic heterocycles. The minimum atomic E-state index is -2.69. The molecule has 0 spiro atoms. The van der Waals surface area contributed by atoms with Gasteiger partial charge in [-0.3, -0.25) is 0 Å². The summed E-state index contributed by atoms with van der Waals surface area (Å²) < 4.78 is 30.9. The average molecular weight is 277 g/mol. The van der Waals surface area contributed by atoms with Crippen molar-refractivity contribution in [2.24, 2.45) is 0 Å². The largest absolute Gasteiger partial charge is 0.465 e. The smallest absolute Gasteiger partial charge is 0.337 e. The van der Waals surface area contributed by atoms with Crippen LogP contribution in [0.4, 0.5) is 14.5 Å². The zero-order chi connectivity index (χ0) is 14.7. The molecule has 2 aromatic rings. The molecule has 5 heteroatoms. The van der Waals surface area contributed by atoms with E-state index in [1.165, 1.54) is 19.2 Å². The predicted octanol–water partition coefficient (Wildman–Crippen LogP) is 3.66. The van der Waals surface area contributed by atoms with E-state index >= 15 is 0 Å². The minimum absolute atomic E-state index is 0.0991. The van der Waals surface area contributed by atoms with Gasteiger partial charge in [-0.15, -0.1) is 0 Å². The van der Waals surface area contributed by atoms with Crippen molar-refractivity contribution in [3.8, 4) is 11.1 Å². The molecule has 0 aliphatic heterocycles. The summed E-state index contributed by atoms with van der Waals surface area (Å²) in [5, 5.41) is 0. The van der Waals surface area contributed by atoms with Crippen molar-refractivity contribution in [1.29, 1.82) is 0 Å². The molecule has 0 heterocycles. The number of methoxy groups -OCH3 is 1. The van der Waals surface area contributed by atoms with Gasteiger partial charge in [-0.25, -0.2) is 13.6 Å². The van der Waals surface area contributed by atoms with Gasteiger partial charge in [0, 0.05) is 11.3 Å². The molecule has 2 aromatic carbocycles. The molecule has 0 aliphatic rings. The highest BCUT2D eigenvalue weighted by Crippen LogP contribution is 2.32. The summed E-state index contributed by atoms with van der Waals surface area (Å²) >= 11 is 0. The highest BCUT2D eigenvalue weighted by atomic mass is 19.3. The second kappa shape index (κ2) is 5.69. The highest BCUT2D eigenvalue weighted by molar-refractivity contribution is 5.90. The lowest BCUT2D eigenvalue weighted by Gasteiger charge is -2.11. The second-order valence-corrected chi connectivity index (χ2v) is 4.22. The Balaban J connectivity index is 2.53. The van der Waals surface area contributed by atoms with Crippen LogP contribution in [-0.2, 0) is 4.74 Å². The quantitative estimate of drug-likeness (QED) is 0.688. The molecule has 2 N–H and O–H groups in total. The van der Waals surface area contributed by atoms with Gasteiger partial charge in [0.25, 0.3) is 6.43 Å². The van der Waals surface area contributed by atoms with E-state index in [0.29, 0.717) is 16.8 Å². The minimum Gasteiger partial charge on any atom is -0.465 e. The Kier molecular flexibility index (Phi) is 3.98. The molecule has 0 bridgehead atoms. The SMILES string of the molecule is COC(=O)c1ccc(-c2ccc(N)cc2)c(C(F)F)c1. The standard InChI is InChI=1S/C15H13F2NO2/c1-20-15(19)10-4-7-12(13(8-10)14(16)17)9-2-5-11(18)6-3-9/h2-8,14H,18H2,1H3. The van der Waals surface area contributed by atoms with Gasteiger partial charge in [0.15, 0.2) is 0 Å². The van der Waals surface area contributed by atoms with Gasteiger partial charge in [-0.1, -0.05) is 18.2 Å². The first-order valence-corrected chi connectivity index (χ1v) is 5.89. The first-order chi connectivity index (χ1) is 9.52. The third-order valence-corrected chi connectivity index (χ3v) is 2.93. The summed E-state index contributed by atoms with van der Waals surface area (Å²) in [4.78, 5) is 11.4. The van der Waals surface area contributed by atoms with Gasteiger partial charge in [0.2, 0.25) is 0 Å². The zero-order valence-corrected chi connectivity index (χ0v) is 10.8. The maximum atomic E-state index is 13.2. The Morgan fingerprint density at radius 1 is 1.15 bits per heavy atom. The molecule has 0 saturated carbocycles. The maximum absolute atomic E-state index is 13.2. The number of carbonyl (C=O) groups excluding carboxylic acids is 1. The van der Waals surface area contributed by atoms with E-state index in [9.17, 15) is 13.6 Å². The molecule has 104 valence electrons. The first-order valence-electron chi connectivity index (χ1n) is 5.89. The number of rotatable bonds is 3. The van der Waals surface area contributed by atoms with Crippen LogP contribution < -0.4 is 5.73 Å². The lowest BCUT2D eigenvalue weighted by molar-refractivity contribution is 0.0600. The summed E-state index contributed by atoms with van der Waals surface area (Å²) in [5.41, 5.74) is 7.00. The van der Waals surface area contributed by atoms with Crippen molar-refractivity contribution >= 4 is 11.7 Å². The Morgan fingerprint density at radius 2 is 1.80 bits per heavy atom. The number of ether oxygens (including phenoxy) is 1. The van der Waals surface area contributed by atoms with E-state index in [-0.39, 0.29) is 11.1 Å². The van der Waals surface area contributed by atoms with Crippen LogP contribution in [0.1, 0.15) is 22.3 Å². The van der Waals surface area contributed by atoms with Crippen LogP contribution in [-0.4, -0.2) is 13.1 Å². The fourth-order valence-electron chi connectivity index (χ4n) is 1.91. The predicted molar refractivity (Wildman–Crippen MR) is 72.6 cm³/mol. The molecule has 20 heavy (non-hydrogen) atoms. The number of anilines is 1. The van der Waals surface area contributed by atoms with Gasteiger partial charge in [0.05, 0.1) is 12.7 Å². The number of hydrogen-bond donors (Lipinski definition) is 1. The Hall–Kier alpha value is -2.43. The first kappa shape index (κ1) is 14.0. The van der Waals surface area contributed by atoms with Crippen LogP contribution in [0.2, 0.25) is 0 Å². The molecule has 0 aliphatic carbocycles. The number of nitrogen functional groups attached to an aromatic ring is 1. The Labute approximate surface area is 115 Å². The normalized spacial score (nSPS) is 10.6. The second-order valence-electron chi connectivity index (χ2n) is 4.22. The number of esters is 1. The Morgan fingerprint density at radius 3 is 2.35 bits per heavy atom. The lowest BCUT2D eigenvalue weighted by atomic mass is 9.97. The summed E-state index contributed by atoms with van der Waals surface area (Å²) in [6.45, 7) is 0. The topological polar surface area (TPSA) is 52.3 Å².